The predicted octanol–water partition coefficient (Wildman–Crippen LogP) is 4.54. The van der Waals surface area contributed by atoms with Crippen LogP contribution in [-0.2, 0) is 17.8 Å². The molecule has 0 radical (unpaired) electrons. The van der Waals surface area contributed by atoms with E-state index in [1.807, 2.05) is 44.2 Å². The van der Waals surface area contributed by atoms with E-state index in [9.17, 15) is 4.79 Å². The van der Waals surface area contributed by atoms with Crippen molar-refractivity contribution in [2.75, 3.05) is 17.2 Å². The van der Waals surface area contributed by atoms with Gasteiger partial charge in [0.25, 0.3) is 0 Å². The minimum Gasteiger partial charge on any atom is -0.311 e. The van der Waals surface area contributed by atoms with Gasteiger partial charge in [0.15, 0.2) is 5.16 Å². The normalized spacial score (nSPS) is 10.6. The monoisotopic (exact) mass is 433 g/mol. The Balaban J connectivity index is 1.74. The summed E-state index contributed by atoms with van der Waals surface area (Å²) in [5, 5.41) is 18.5. The first-order chi connectivity index (χ1) is 15.0. The smallest absolute Gasteiger partial charge is 0.237 e. The highest BCUT2D eigenvalue weighted by Crippen LogP contribution is 2.23. The van der Waals surface area contributed by atoms with Crippen molar-refractivity contribution in [3.63, 3.8) is 0 Å². The Morgan fingerprint density at radius 1 is 1.13 bits per heavy atom. The third kappa shape index (κ3) is 5.96. The molecule has 0 saturated heterocycles. The zero-order chi connectivity index (χ0) is 22.2. The van der Waals surface area contributed by atoms with E-state index in [1.165, 1.54) is 17.3 Å². The van der Waals surface area contributed by atoms with Crippen molar-refractivity contribution >= 4 is 23.4 Å². The standard InChI is InChI=1S/C24H27N5OS/c1-4-28-22(16-20-9-6-5-7-10-20)26-27-24(28)31-17-23(30)29(12-8-11-25)21-14-18(2)13-19(3)15-21/h5-7,9-10,13-15H,4,8,12,16-17H2,1-3H3. The van der Waals surface area contributed by atoms with E-state index in [4.69, 9.17) is 5.26 Å². The second-order valence-corrected chi connectivity index (χ2v) is 8.34. The summed E-state index contributed by atoms with van der Waals surface area (Å²) in [5.41, 5.74) is 4.19. The van der Waals surface area contributed by atoms with E-state index >= 15 is 0 Å². The lowest BCUT2D eigenvalue weighted by Gasteiger charge is -2.22. The summed E-state index contributed by atoms with van der Waals surface area (Å²) in [7, 11) is 0. The van der Waals surface area contributed by atoms with Gasteiger partial charge >= 0.3 is 0 Å². The molecule has 1 amide bonds. The minimum atomic E-state index is -0.0412. The lowest BCUT2D eigenvalue weighted by Crippen LogP contribution is -2.33. The summed E-state index contributed by atoms with van der Waals surface area (Å²) in [6, 6.07) is 18.4. The molecule has 0 aliphatic rings. The molecule has 6 nitrogen and oxygen atoms in total. The van der Waals surface area contributed by atoms with Gasteiger partial charge in [0.1, 0.15) is 5.82 Å². The Kier molecular flexibility index (Phi) is 7.85. The maximum atomic E-state index is 13.1. The number of nitrogens with zero attached hydrogens (tertiary/aromatic N) is 5. The summed E-state index contributed by atoms with van der Waals surface area (Å²) in [4.78, 5) is 14.8. The van der Waals surface area contributed by atoms with Crippen molar-refractivity contribution in [2.24, 2.45) is 0 Å². The summed E-state index contributed by atoms with van der Waals surface area (Å²) >= 11 is 1.39. The molecule has 0 saturated carbocycles. The van der Waals surface area contributed by atoms with Crippen LogP contribution < -0.4 is 4.90 Å². The van der Waals surface area contributed by atoms with Crippen LogP contribution in [0.4, 0.5) is 5.69 Å². The van der Waals surface area contributed by atoms with E-state index in [1.54, 1.807) is 4.90 Å². The number of benzene rings is 2. The minimum absolute atomic E-state index is 0.0412. The fraction of sp³-hybridized carbons (Fsp3) is 0.333. The van der Waals surface area contributed by atoms with Crippen molar-refractivity contribution < 1.29 is 4.79 Å². The van der Waals surface area contributed by atoms with Crippen molar-refractivity contribution in [3.05, 3.63) is 71.0 Å². The van der Waals surface area contributed by atoms with Crippen molar-refractivity contribution in [2.45, 2.75) is 45.3 Å². The van der Waals surface area contributed by atoms with Gasteiger partial charge in [0, 0.05) is 25.2 Å². The molecule has 3 rings (SSSR count). The molecule has 0 fully saturated rings. The van der Waals surface area contributed by atoms with Crippen LogP contribution in [0.25, 0.3) is 0 Å². The van der Waals surface area contributed by atoms with Crippen LogP contribution in [0, 0.1) is 25.2 Å². The van der Waals surface area contributed by atoms with E-state index in [0.717, 1.165) is 34.3 Å². The first-order valence-electron chi connectivity index (χ1n) is 10.4. The van der Waals surface area contributed by atoms with Crippen LogP contribution >= 0.6 is 11.8 Å². The molecular weight excluding hydrogens is 406 g/mol. The van der Waals surface area contributed by atoms with E-state index in [2.05, 4.69) is 46.0 Å². The fourth-order valence-electron chi connectivity index (χ4n) is 3.52. The first-order valence-corrected chi connectivity index (χ1v) is 11.3. The number of anilines is 1. The number of aromatic nitrogens is 3. The summed E-state index contributed by atoms with van der Waals surface area (Å²) < 4.78 is 2.06. The van der Waals surface area contributed by atoms with Crippen LogP contribution in [0.5, 0.6) is 0 Å². The number of hydrogen-bond acceptors (Lipinski definition) is 5. The average Bonchev–Trinajstić information content (AvgIpc) is 3.14. The highest BCUT2D eigenvalue weighted by Gasteiger charge is 2.19. The van der Waals surface area contributed by atoms with Crippen LogP contribution in [0.2, 0.25) is 0 Å². The number of amides is 1. The second-order valence-electron chi connectivity index (χ2n) is 7.39. The Bertz CT molecular complexity index is 1050. The lowest BCUT2D eigenvalue weighted by molar-refractivity contribution is -0.116. The topological polar surface area (TPSA) is 74.8 Å². The largest absolute Gasteiger partial charge is 0.311 e. The molecule has 160 valence electrons. The molecule has 7 heteroatoms. The third-order valence-corrected chi connectivity index (χ3v) is 5.86. The molecule has 0 unspecified atom stereocenters. The van der Waals surface area contributed by atoms with Gasteiger partial charge in [-0.3, -0.25) is 4.79 Å². The number of hydrogen-bond donors (Lipinski definition) is 0. The molecule has 0 aliphatic carbocycles. The number of thioether (sulfide) groups is 1. The zero-order valence-corrected chi connectivity index (χ0v) is 19.0. The van der Waals surface area contributed by atoms with Crippen molar-refractivity contribution in [3.8, 4) is 6.07 Å². The lowest BCUT2D eigenvalue weighted by atomic mass is 10.1. The summed E-state index contributed by atoms with van der Waals surface area (Å²) in [6.07, 6.45) is 0.989. The first kappa shape index (κ1) is 22.6. The van der Waals surface area contributed by atoms with Gasteiger partial charge < -0.3 is 9.47 Å². The molecule has 0 bridgehead atoms. The number of carbonyl (C=O) groups excluding carboxylic acids is 1. The molecule has 2 aromatic carbocycles. The average molecular weight is 434 g/mol. The number of rotatable bonds is 9. The van der Waals surface area contributed by atoms with Crippen LogP contribution in [0.15, 0.2) is 53.7 Å². The Hall–Kier alpha value is -3.11. The number of carbonyl (C=O) groups is 1. The molecule has 1 aromatic heterocycles. The Labute approximate surface area is 187 Å². The van der Waals surface area contributed by atoms with Crippen LogP contribution in [0.1, 0.15) is 35.9 Å². The molecule has 3 aromatic rings. The SMILES string of the molecule is CCn1c(Cc2ccccc2)nnc1SCC(=O)N(CCC#N)c1cc(C)cc(C)c1. The van der Waals surface area contributed by atoms with Crippen molar-refractivity contribution in [1.29, 1.82) is 5.26 Å². The maximum Gasteiger partial charge on any atom is 0.237 e. The van der Waals surface area contributed by atoms with E-state index in [-0.39, 0.29) is 18.1 Å². The summed E-state index contributed by atoms with van der Waals surface area (Å²) in [5.74, 6) is 1.09. The molecule has 0 aliphatic heterocycles. The summed E-state index contributed by atoms with van der Waals surface area (Å²) in [6.45, 7) is 7.18. The van der Waals surface area contributed by atoms with Gasteiger partial charge in [-0.05, 0) is 49.6 Å². The molecule has 0 N–H and O–H groups in total. The maximum absolute atomic E-state index is 13.1. The molecule has 31 heavy (non-hydrogen) atoms. The fourth-order valence-corrected chi connectivity index (χ4v) is 4.42. The zero-order valence-electron chi connectivity index (χ0n) is 18.2. The number of aryl methyl sites for hydroxylation is 2. The quantitative estimate of drug-likeness (QED) is 0.463. The van der Waals surface area contributed by atoms with Gasteiger partial charge in [-0.25, -0.2) is 0 Å². The molecule has 0 spiro atoms. The third-order valence-electron chi connectivity index (χ3n) is 4.91. The molecule has 0 atom stereocenters. The van der Waals surface area contributed by atoms with Gasteiger partial charge in [0.2, 0.25) is 5.91 Å². The Morgan fingerprint density at radius 2 is 1.84 bits per heavy atom. The predicted molar refractivity (Wildman–Crippen MR) is 124 cm³/mol. The van der Waals surface area contributed by atoms with Crippen LogP contribution in [0.3, 0.4) is 0 Å². The van der Waals surface area contributed by atoms with E-state index < -0.39 is 0 Å². The van der Waals surface area contributed by atoms with Crippen molar-refractivity contribution in [1.82, 2.24) is 14.8 Å². The molecule has 1 heterocycles. The van der Waals surface area contributed by atoms with E-state index in [0.29, 0.717) is 13.0 Å². The van der Waals surface area contributed by atoms with Gasteiger partial charge in [-0.2, -0.15) is 5.26 Å². The Morgan fingerprint density at radius 3 is 2.48 bits per heavy atom. The van der Waals surface area contributed by atoms with Gasteiger partial charge in [-0.1, -0.05) is 48.2 Å². The highest BCUT2D eigenvalue weighted by molar-refractivity contribution is 7.99. The van der Waals surface area contributed by atoms with Gasteiger partial charge in [-0.15, -0.1) is 10.2 Å². The van der Waals surface area contributed by atoms with Gasteiger partial charge in [0.05, 0.1) is 18.2 Å². The number of nitriles is 1. The highest BCUT2D eigenvalue weighted by atomic mass is 32.2. The second kappa shape index (κ2) is 10.8. The van der Waals surface area contributed by atoms with Crippen LogP contribution in [-0.4, -0.2) is 33.0 Å². The molecular formula is C24H27N5OS.